The largest absolute Gasteiger partial charge is 0.436 e. The molecule has 0 aliphatic carbocycles. The van der Waals surface area contributed by atoms with Gasteiger partial charge in [-0.2, -0.15) is 0 Å². The van der Waals surface area contributed by atoms with E-state index in [-0.39, 0.29) is 12.4 Å². The number of ether oxygens (including phenoxy) is 1. The van der Waals surface area contributed by atoms with E-state index in [0.717, 1.165) is 28.6 Å². The molecule has 0 bridgehead atoms. The van der Waals surface area contributed by atoms with Crippen LogP contribution in [0.25, 0.3) is 21.7 Å². The minimum Gasteiger partial charge on any atom is -0.436 e. The fourth-order valence-electron chi connectivity index (χ4n) is 3.52. The van der Waals surface area contributed by atoms with Crippen LogP contribution in [0.3, 0.4) is 0 Å². The van der Waals surface area contributed by atoms with Crippen molar-refractivity contribution in [3.63, 3.8) is 0 Å². The Hall–Kier alpha value is -2.59. The number of nitrogens with zero attached hydrogens (tertiary/aromatic N) is 3. The number of pyridine rings is 2. The van der Waals surface area contributed by atoms with Crippen LogP contribution in [-0.4, -0.2) is 14.5 Å². The van der Waals surface area contributed by atoms with E-state index in [1.807, 2.05) is 36.7 Å². The second-order valence-corrected chi connectivity index (χ2v) is 7.18. The number of hydrogen-bond acceptors (Lipinski definition) is 3. The van der Waals surface area contributed by atoms with Crippen molar-refractivity contribution in [2.24, 2.45) is 5.92 Å². The third-order valence-electron chi connectivity index (χ3n) is 4.91. The Morgan fingerprint density at radius 2 is 1.81 bits per heavy atom. The summed E-state index contributed by atoms with van der Waals surface area (Å²) in [5.74, 6) is 2.00. The molecule has 140 valence electrons. The fourth-order valence-corrected chi connectivity index (χ4v) is 3.52. The van der Waals surface area contributed by atoms with Gasteiger partial charge in [-0.15, -0.1) is 12.4 Å². The summed E-state index contributed by atoms with van der Waals surface area (Å²) < 4.78 is 8.67. The molecule has 5 heteroatoms. The van der Waals surface area contributed by atoms with Gasteiger partial charge in [-0.25, -0.2) is 4.98 Å². The minimum absolute atomic E-state index is 0. The molecule has 0 radical (unpaired) electrons. The Balaban J connectivity index is 0.00000210. The molecular formula is C22H24ClN3O. The number of benzene rings is 1. The van der Waals surface area contributed by atoms with E-state index in [1.165, 1.54) is 16.6 Å². The van der Waals surface area contributed by atoms with Crippen LogP contribution in [0.1, 0.15) is 25.1 Å². The summed E-state index contributed by atoms with van der Waals surface area (Å²) in [4.78, 5) is 8.77. The molecule has 0 saturated heterocycles. The van der Waals surface area contributed by atoms with E-state index in [2.05, 4.69) is 48.3 Å². The van der Waals surface area contributed by atoms with Crippen molar-refractivity contribution in [1.29, 1.82) is 0 Å². The van der Waals surface area contributed by atoms with Crippen molar-refractivity contribution >= 4 is 34.1 Å². The number of aromatic nitrogens is 3. The number of hydrogen-bond donors (Lipinski definition) is 0. The van der Waals surface area contributed by atoms with Crippen LogP contribution in [0.5, 0.6) is 11.6 Å². The Morgan fingerprint density at radius 1 is 1.04 bits per heavy atom. The molecule has 0 N–H and O–H groups in total. The third-order valence-corrected chi connectivity index (χ3v) is 4.91. The lowest BCUT2D eigenvalue weighted by Gasteiger charge is -2.14. The lowest BCUT2D eigenvalue weighted by Crippen LogP contribution is -2.07. The first-order valence-electron chi connectivity index (χ1n) is 9.01. The highest BCUT2D eigenvalue weighted by molar-refractivity contribution is 5.91. The average molecular weight is 382 g/mol. The van der Waals surface area contributed by atoms with Gasteiger partial charge in [0.05, 0.1) is 0 Å². The van der Waals surface area contributed by atoms with Crippen molar-refractivity contribution < 1.29 is 4.74 Å². The van der Waals surface area contributed by atoms with Crippen LogP contribution in [0.4, 0.5) is 0 Å². The maximum absolute atomic E-state index is 6.34. The topological polar surface area (TPSA) is 39.9 Å². The van der Waals surface area contributed by atoms with E-state index in [0.29, 0.717) is 11.8 Å². The van der Waals surface area contributed by atoms with E-state index < -0.39 is 0 Å². The molecule has 0 aliphatic heterocycles. The first-order valence-corrected chi connectivity index (χ1v) is 9.01. The molecule has 4 rings (SSSR count). The summed E-state index contributed by atoms with van der Waals surface area (Å²) in [6.45, 7) is 9.75. The van der Waals surface area contributed by atoms with E-state index in [9.17, 15) is 0 Å². The van der Waals surface area contributed by atoms with Crippen LogP contribution >= 0.6 is 12.4 Å². The van der Waals surface area contributed by atoms with Crippen LogP contribution in [0, 0.1) is 19.8 Å². The molecule has 3 heterocycles. The van der Waals surface area contributed by atoms with Crippen molar-refractivity contribution in [3.05, 3.63) is 60.2 Å². The van der Waals surface area contributed by atoms with Crippen LogP contribution in [-0.2, 0) is 6.54 Å². The van der Waals surface area contributed by atoms with Gasteiger partial charge in [0, 0.05) is 47.0 Å². The summed E-state index contributed by atoms with van der Waals surface area (Å²) in [5, 5.41) is 3.30. The van der Waals surface area contributed by atoms with Gasteiger partial charge >= 0.3 is 0 Å². The molecule has 0 aliphatic rings. The summed E-state index contributed by atoms with van der Waals surface area (Å²) >= 11 is 0. The van der Waals surface area contributed by atoms with Gasteiger partial charge in [0.25, 0.3) is 0 Å². The monoisotopic (exact) mass is 381 g/mol. The molecule has 0 atom stereocenters. The van der Waals surface area contributed by atoms with E-state index in [4.69, 9.17) is 4.74 Å². The van der Waals surface area contributed by atoms with Gasteiger partial charge in [-0.05, 0) is 43.5 Å². The molecule has 0 spiro atoms. The summed E-state index contributed by atoms with van der Waals surface area (Å²) in [5.41, 5.74) is 3.63. The normalized spacial score (nSPS) is 11.1. The zero-order valence-electron chi connectivity index (χ0n) is 16.1. The number of halogens is 1. The molecule has 0 saturated carbocycles. The van der Waals surface area contributed by atoms with Gasteiger partial charge in [0.1, 0.15) is 11.3 Å². The zero-order chi connectivity index (χ0) is 18.3. The second kappa shape index (κ2) is 7.57. The Bertz CT molecular complexity index is 1100. The highest BCUT2D eigenvalue weighted by atomic mass is 35.5. The maximum atomic E-state index is 6.34. The van der Waals surface area contributed by atoms with Crippen molar-refractivity contribution in [1.82, 2.24) is 14.5 Å². The minimum atomic E-state index is 0. The quantitative estimate of drug-likeness (QED) is 0.430. The second-order valence-electron chi connectivity index (χ2n) is 7.18. The maximum Gasteiger partial charge on any atom is 0.244 e. The lowest BCUT2D eigenvalue weighted by molar-refractivity contribution is 0.465. The van der Waals surface area contributed by atoms with Gasteiger partial charge in [-0.3, -0.25) is 4.98 Å². The van der Waals surface area contributed by atoms with Gasteiger partial charge in [0.2, 0.25) is 5.88 Å². The molecule has 4 nitrogen and oxygen atoms in total. The molecule has 4 aromatic rings. The van der Waals surface area contributed by atoms with Crippen LogP contribution in [0.15, 0.2) is 48.9 Å². The van der Waals surface area contributed by atoms with Crippen molar-refractivity contribution in [3.8, 4) is 11.6 Å². The van der Waals surface area contributed by atoms with Crippen LogP contribution in [0.2, 0.25) is 0 Å². The smallest absolute Gasteiger partial charge is 0.244 e. The molecule has 0 amide bonds. The molecular weight excluding hydrogens is 358 g/mol. The molecule has 27 heavy (non-hydrogen) atoms. The fraction of sp³-hybridized carbons (Fsp3) is 0.273. The van der Waals surface area contributed by atoms with E-state index >= 15 is 0 Å². The number of fused-ring (bicyclic) bond motifs is 2. The molecule has 0 fully saturated rings. The molecule has 3 aromatic heterocycles. The lowest BCUT2D eigenvalue weighted by atomic mass is 10.1. The first kappa shape index (κ1) is 19.2. The van der Waals surface area contributed by atoms with Crippen molar-refractivity contribution in [2.75, 3.05) is 0 Å². The highest BCUT2D eigenvalue weighted by Crippen LogP contribution is 2.35. The summed E-state index contributed by atoms with van der Waals surface area (Å²) in [6, 6.07) is 10.1. The Kier molecular flexibility index (Phi) is 5.38. The summed E-state index contributed by atoms with van der Waals surface area (Å²) in [6.07, 6.45) is 5.47. The van der Waals surface area contributed by atoms with Gasteiger partial charge in [0.15, 0.2) is 0 Å². The van der Waals surface area contributed by atoms with Crippen molar-refractivity contribution in [2.45, 2.75) is 34.2 Å². The Labute approximate surface area is 165 Å². The molecule has 1 aromatic carbocycles. The number of aryl methyl sites for hydroxylation is 1. The average Bonchev–Trinajstić information content (AvgIpc) is 2.88. The zero-order valence-corrected chi connectivity index (χ0v) is 16.9. The first-order chi connectivity index (χ1) is 12.6. The van der Waals surface area contributed by atoms with Gasteiger partial charge in [-0.1, -0.05) is 26.0 Å². The number of rotatable bonds is 4. The predicted octanol–water partition coefficient (Wildman–Crippen LogP) is 6.07. The highest BCUT2D eigenvalue weighted by Gasteiger charge is 2.18. The van der Waals surface area contributed by atoms with Gasteiger partial charge < -0.3 is 9.30 Å². The predicted molar refractivity (Wildman–Crippen MR) is 113 cm³/mol. The Morgan fingerprint density at radius 3 is 2.59 bits per heavy atom. The molecule has 0 unspecified atom stereocenters. The SMILES string of the molecule is Cc1c(C)n(CC(C)C)c2c(Oc3cccc4cnccc34)nccc12.Cl. The third kappa shape index (κ3) is 3.37. The summed E-state index contributed by atoms with van der Waals surface area (Å²) in [7, 11) is 0. The standard InChI is InChI=1S/C22H23N3O.ClH/c1-14(2)13-25-16(4)15(3)18-9-11-24-22(21(18)25)26-20-7-5-6-17-12-23-10-8-19(17)20;/h5-12,14H,13H2,1-4H3;1H. The van der Waals surface area contributed by atoms with E-state index in [1.54, 1.807) is 6.20 Å². The van der Waals surface area contributed by atoms with Crippen LogP contribution < -0.4 is 4.74 Å².